The predicted octanol–water partition coefficient (Wildman–Crippen LogP) is 2.45. The Labute approximate surface area is 117 Å². The minimum Gasteiger partial charge on any atom is -0.378 e. The molecule has 19 heavy (non-hydrogen) atoms. The Morgan fingerprint density at radius 1 is 1.05 bits per heavy atom. The zero-order chi connectivity index (χ0) is 13.8. The van der Waals surface area contributed by atoms with Gasteiger partial charge in [-0.25, -0.2) is 0 Å². The molecule has 0 N–H and O–H groups in total. The Kier molecular flexibility index (Phi) is 4.83. The van der Waals surface area contributed by atoms with E-state index in [2.05, 4.69) is 67.0 Å². The second kappa shape index (κ2) is 6.40. The number of nitrogens with zero attached hydrogens (tertiary/aromatic N) is 3. The van der Waals surface area contributed by atoms with Gasteiger partial charge >= 0.3 is 0 Å². The van der Waals surface area contributed by atoms with Crippen molar-refractivity contribution in [2.75, 3.05) is 52.2 Å². The van der Waals surface area contributed by atoms with Gasteiger partial charge in [-0.1, -0.05) is 19.1 Å². The van der Waals surface area contributed by atoms with E-state index in [1.165, 1.54) is 43.9 Å². The molecule has 1 heterocycles. The Hall–Kier alpha value is -1.06. The minimum absolute atomic E-state index is 0.574. The molecule has 2 rings (SSSR count). The lowest BCUT2D eigenvalue weighted by Crippen LogP contribution is -2.45. The van der Waals surface area contributed by atoms with Gasteiger partial charge in [0.1, 0.15) is 0 Å². The van der Waals surface area contributed by atoms with Crippen molar-refractivity contribution < 1.29 is 0 Å². The van der Waals surface area contributed by atoms with E-state index in [1.54, 1.807) is 0 Å². The summed E-state index contributed by atoms with van der Waals surface area (Å²) >= 11 is 0. The fraction of sp³-hybridized carbons (Fsp3) is 0.625. The fourth-order valence-electron chi connectivity index (χ4n) is 2.83. The number of hydrogen-bond acceptors (Lipinski definition) is 3. The van der Waals surface area contributed by atoms with E-state index in [-0.39, 0.29) is 0 Å². The topological polar surface area (TPSA) is 9.72 Å². The van der Waals surface area contributed by atoms with Gasteiger partial charge in [0.25, 0.3) is 0 Å². The maximum absolute atomic E-state index is 2.63. The summed E-state index contributed by atoms with van der Waals surface area (Å²) in [6.07, 6.45) is 1.19. The molecule has 0 bridgehead atoms. The van der Waals surface area contributed by atoms with E-state index in [4.69, 9.17) is 0 Å². The molecular formula is C16H27N3. The summed E-state index contributed by atoms with van der Waals surface area (Å²) in [4.78, 5) is 7.20. The standard InChI is InChI=1S/C16H27N3/c1-5-16(19-12-10-18(4)11-13-19)14-6-8-15(9-7-14)17(2)3/h6-9,16H,5,10-13H2,1-4H3. The summed E-state index contributed by atoms with van der Waals surface area (Å²) in [5.74, 6) is 0. The zero-order valence-corrected chi connectivity index (χ0v) is 12.8. The highest BCUT2D eigenvalue weighted by Gasteiger charge is 2.22. The quantitative estimate of drug-likeness (QED) is 0.824. The van der Waals surface area contributed by atoms with E-state index >= 15 is 0 Å². The van der Waals surface area contributed by atoms with Gasteiger partial charge in [0.15, 0.2) is 0 Å². The molecule has 1 aliphatic heterocycles. The number of piperazine rings is 1. The van der Waals surface area contributed by atoms with Gasteiger partial charge in [-0.3, -0.25) is 4.90 Å². The molecule has 0 radical (unpaired) electrons. The Bertz CT molecular complexity index is 377. The first-order valence-corrected chi connectivity index (χ1v) is 7.31. The van der Waals surface area contributed by atoms with Crippen LogP contribution in [0.5, 0.6) is 0 Å². The van der Waals surface area contributed by atoms with Gasteiger partial charge < -0.3 is 9.80 Å². The SMILES string of the molecule is CCC(c1ccc(N(C)C)cc1)N1CCN(C)CC1. The van der Waals surface area contributed by atoms with Crippen LogP contribution in [0.2, 0.25) is 0 Å². The summed E-state index contributed by atoms with van der Waals surface area (Å²) in [6.45, 7) is 7.04. The first kappa shape index (κ1) is 14.4. The molecule has 0 aliphatic carbocycles. The molecule has 1 fully saturated rings. The Morgan fingerprint density at radius 2 is 1.63 bits per heavy atom. The van der Waals surface area contributed by atoms with Crippen LogP contribution in [0.4, 0.5) is 5.69 Å². The number of anilines is 1. The van der Waals surface area contributed by atoms with Gasteiger partial charge in [0, 0.05) is 52.0 Å². The highest BCUT2D eigenvalue weighted by atomic mass is 15.3. The average Bonchev–Trinajstić information content (AvgIpc) is 2.42. The van der Waals surface area contributed by atoms with Crippen molar-refractivity contribution in [3.05, 3.63) is 29.8 Å². The second-order valence-electron chi connectivity index (χ2n) is 5.75. The summed E-state index contributed by atoms with van der Waals surface area (Å²) < 4.78 is 0. The summed E-state index contributed by atoms with van der Waals surface area (Å²) in [6, 6.07) is 9.62. The Balaban J connectivity index is 2.08. The minimum atomic E-state index is 0.574. The molecule has 1 atom stereocenters. The van der Waals surface area contributed by atoms with Crippen LogP contribution >= 0.6 is 0 Å². The van der Waals surface area contributed by atoms with Gasteiger partial charge in [-0.2, -0.15) is 0 Å². The highest BCUT2D eigenvalue weighted by molar-refractivity contribution is 5.46. The maximum Gasteiger partial charge on any atom is 0.0361 e. The van der Waals surface area contributed by atoms with Crippen molar-refractivity contribution in [2.24, 2.45) is 0 Å². The largest absolute Gasteiger partial charge is 0.378 e. The van der Waals surface area contributed by atoms with E-state index in [0.29, 0.717) is 6.04 Å². The molecule has 1 saturated heterocycles. The van der Waals surface area contributed by atoms with Crippen LogP contribution in [0.3, 0.4) is 0 Å². The van der Waals surface area contributed by atoms with E-state index in [9.17, 15) is 0 Å². The highest BCUT2D eigenvalue weighted by Crippen LogP contribution is 2.26. The first-order chi connectivity index (χ1) is 9.11. The monoisotopic (exact) mass is 261 g/mol. The molecule has 0 saturated carbocycles. The average molecular weight is 261 g/mol. The molecule has 3 nitrogen and oxygen atoms in total. The molecular weight excluding hydrogens is 234 g/mol. The molecule has 106 valence electrons. The lowest BCUT2D eigenvalue weighted by molar-refractivity contribution is 0.109. The number of rotatable bonds is 4. The van der Waals surface area contributed by atoms with Crippen molar-refractivity contribution in [3.63, 3.8) is 0 Å². The molecule has 0 aromatic heterocycles. The van der Waals surface area contributed by atoms with Crippen LogP contribution in [0.25, 0.3) is 0 Å². The van der Waals surface area contributed by atoms with Crippen molar-refractivity contribution >= 4 is 5.69 Å². The van der Waals surface area contributed by atoms with Gasteiger partial charge in [-0.05, 0) is 31.2 Å². The fourth-order valence-corrected chi connectivity index (χ4v) is 2.83. The zero-order valence-electron chi connectivity index (χ0n) is 12.8. The van der Waals surface area contributed by atoms with Crippen molar-refractivity contribution in [2.45, 2.75) is 19.4 Å². The molecule has 1 unspecified atom stereocenters. The van der Waals surface area contributed by atoms with Gasteiger partial charge in [-0.15, -0.1) is 0 Å². The number of likely N-dealkylation sites (N-methyl/N-ethyl adjacent to an activating group) is 1. The lowest BCUT2D eigenvalue weighted by atomic mass is 10.0. The second-order valence-corrected chi connectivity index (χ2v) is 5.75. The third kappa shape index (κ3) is 3.48. The van der Waals surface area contributed by atoms with E-state index in [1.807, 2.05) is 0 Å². The van der Waals surface area contributed by atoms with Crippen molar-refractivity contribution in [1.29, 1.82) is 0 Å². The molecule has 0 spiro atoms. The van der Waals surface area contributed by atoms with Crippen LogP contribution in [0.15, 0.2) is 24.3 Å². The molecule has 1 aromatic rings. The normalized spacial score (nSPS) is 19.4. The summed E-state index contributed by atoms with van der Waals surface area (Å²) in [7, 11) is 6.39. The number of hydrogen-bond donors (Lipinski definition) is 0. The van der Waals surface area contributed by atoms with Crippen molar-refractivity contribution in [3.8, 4) is 0 Å². The van der Waals surface area contributed by atoms with Crippen LogP contribution in [0.1, 0.15) is 24.9 Å². The molecule has 1 aromatic carbocycles. The third-order valence-electron chi connectivity index (χ3n) is 4.16. The van der Waals surface area contributed by atoms with Gasteiger partial charge in [0.2, 0.25) is 0 Å². The van der Waals surface area contributed by atoms with Crippen LogP contribution in [-0.4, -0.2) is 57.1 Å². The Morgan fingerprint density at radius 3 is 2.11 bits per heavy atom. The summed E-state index contributed by atoms with van der Waals surface area (Å²) in [5.41, 5.74) is 2.73. The molecule has 3 heteroatoms. The first-order valence-electron chi connectivity index (χ1n) is 7.31. The third-order valence-corrected chi connectivity index (χ3v) is 4.16. The predicted molar refractivity (Wildman–Crippen MR) is 82.9 cm³/mol. The lowest BCUT2D eigenvalue weighted by Gasteiger charge is -2.38. The van der Waals surface area contributed by atoms with Crippen LogP contribution < -0.4 is 4.90 Å². The smallest absolute Gasteiger partial charge is 0.0361 e. The van der Waals surface area contributed by atoms with E-state index in [0.717, 1.165) is 0 Å². The van der Waals surface area contributed by atoms with E-state index < -0.39 is 0 Å². The number of benzene rings is 1. The molecule has 0 amide bonds. The molecule has 1 aliphatic rings. The van der Waals surface area contributed by atoms with Gasteiger partial charge in [0.05, 0.1) is 0 Å². The van der Waals surface area contributed by atoms with Crippen molar-refractivity contribution in [1.82, 2.24) is 9.80 Å². The summed E-state index contributed by atoms with van der Waals surface area (Å²) in [5, 5.41) is 0. The van der Waals surface area contributed by atoms with Crippen LogP contribution in [0, 0.1) is 0 Å². The maximum atomic E-state index is 2.63. The van der Waals surface area contributed by atoms with Crippen LogP contribution in [-0.2, 0) is 0 Å².